The smallest absolute Gasteiger partial charge is 0.0818 e. The van der Waals surface area contributed by atoms with Crippen LogP contribution in [0.2, 0.25) is 0 Å². The molecule has 2 rings (SSSR count). The maximum atomic E-state index is 10.4. The average molecular weight is 330 g/mol. The van der Waals surface area contributed by atoms with E-state index in [1.165, 1.54) is 29.3 Å². The number of benzene rings is 1. The van der Waals surface area contributed by atoms with E-state index in [4.69, 9.17) is 0 Å². The maximum absolute atomic E-state index is 10.4. The average Bonchev–Trinajstić information content (AvgIpc) is 2.29. The summed E-state index contributed by atoms with van der Waals surface area (Å²) < 4.78 is 1.21. The van der Waals surface area contributed by atoms with Crippen molar-refractivity contribution in [2.75, 3.05) is 0 Å². The van der Waals surface area contributed by atoms with Crippen molar-refractivity contribution in [3.05, 3.63) is 33.4 Å². The summed E-state index contributed by atoms with van der Waals surface area (Å²) in [6, 6.07) is 8.25. The van der Waals surface area contributed by atoms with Crippen molar-refractivity contribution in [3.8, 4) is 0 Å². The predicted molar refractivity (Wildman–Crippen MR) is 75.2 cm³/mol. The quantitative estimate of drug-likeness (QED) is 0.808. The highest BCUT2D eigenvalue weighted by Crippen LogP contribution is 2.36. The second-order valence-corrected chi connectivity index (χ2v) is 6.27. The molecular weight excluding hydrogens is 311 g/mol. The van der Waals surface area contributed by atoms with Crippen LogP contribution >= 0.6 is 22.6 Å². The minimum atomic E-state index is -0.262. The van der Waals surface area contributed by atoms with Crippen molar-refractivity contribution < 1.29 is 5.11 Å². The van der Waals surface area contributed by atoms with Crippen LogP contribution in [-0.2, 0) is 0 Å². The Balaban J connectivity index is 2.04. The monoisotopic (exact) mass is 330 g/mol. The van der Waals surface area contributed by atoms with Gasteiger partial charge in [-0.05, 0) is 65.0 Å². The first-order valence-corrected chi connectivity index (χ1v) is 7.18. The molecule has 1 N–H and O–H groups in total. The standard InChI is InChI=1S/C14H19IO/c1-10-5-7-11(8-6-10)14(16)12-3-2-4-13(15)9-12/h2-4,9-11,14,16H,5-8H2,1H3. The van der Waals surface area contributed by atoms with E-state index < -0.39 is 0 Å². The molecule has 0 spiro atoms. The fraction of sp³-hybridized carbons (Fsp3) is 0.571. The minimum Gasteiger partial charge on any atom is -0.388 e. The van der Waals surface area contributed by atoms with Gasteiger partial charge in [0.25, 0.3) is 0 Å². The molecule has 1 nitrogen and oxygen atoms in total. The Morgan fingerprint density at radius 2 is 1.94 bits per heavy atom. The Bertz CT molecular complexity index is 342. The highest BCUT2D eigenvalue weighted by Gasteiger charge is 2.25. The molecule has 0 saturated heterocycles. The predicted octanol–water partition coefficient (Wildman–Crippen LogP) is 4.15. The van der Waals surface area contributed by atoms with Crippen molar-refractivity contribution in [3.63, 3.8) is 0 Å². The van der Waals surface area contributed by atoms with Gasteiger partial charge in [-0.3, -0.25) is 0 Å². The van der Waals surface area contributed by atoms with Gasteiger partial charge in [-0.1, -0.05) is 31.9 Å². The van der Waals surface area contributed by atoms with Crippen LogP contribution in [0.4, 0.5) is 0 Å². The van der Waals surface area contributed by atoms with Crippen LogP contribution in [0.3, 0.4) is 0 Å². The first kappa shape index (κ1) is 12.4. The van der Waals surface area contributed by atoms with Gasteiger partial charge in [0, 0.05) is 3.57 Å². The van der Waals surface area contributed by atoms with Gasteiger partial charge in [0.05, 0.1) is 6.10 Å². The third-order valence-corrected chi connectivity index (χ3v) is 4.37. The van der Waals surface area contributed by atoms with Gasteiger partial charge < -0.3 is 5.11 Å². The van der Waals surface area contributed by atoms with E-state index in [2.05, 4.69) is 41.6 Å². The number of hydrogen-bond donors (Lipinski definition) is 1. The van der Waals surface area contributed by atoms with Gasteiger partial charge in [0.1, 0.15) is 0 Å². The van der Waals surface area contributed by atoms with Crippen molar-refractivity contribution in [1.82, 2.24) is 0 Å². The molecule has 2 heteroatoms. The highest BCUT2D eigenvalue weighted by atomic mass is 127. The third kappa shape index (κ3) is 2.98. The van der Waals surface area contributed by atoms with Crippen LogP contribution < -0.4 is 0 Å². The molecule has 0 heterocycles. The van der Waals surface area contributed by atoms with Gasteiger partial charge in [0.2, 0.25) is 0 Å². The van der Waals surface area contributed by atoms with E-state index in [1.54, 1.807) is 0 Å². The molecule has 0 aliphatic heterocycles. The van der Waals surface area contributed by atoms with E-state index in [0.29, 0.717) is 5.92 Å². The Hall–Kier alpha value is -0.0900. The fourth-order valence-corrected chi connectivity index (χ4v) is 3.13. The van der Waals surface area contributed by atoms with Gasteiger partial charge in [-0.2, -0.15) is 0 Å². The molecule has 16 heavy (non-hydrogen) atoms. The third-order valence-electron chi connectivity index (χ3n) is 3.70. The van der Waals surface area contributed by atoms with E-state index in [9.17, 15) is 5.11 Å². The molecule has 88 valence electrons. The zero-order valence-corrected chi connectivity index (χ0v) is 11.9. The first-order chi connectivity index (χ1) is 7.66. The maximum Gasteiger partial charge on any atom is 0.0818 e. The summed E-state index contributed by atoms with van der Waals surface area (Å²) >= 11 is 2.30. The number of halogens is 1. The lowest BCUT2D eigenvalue weighted by molar-refractivity contribution is 0.0755. The Morgan fingerprint density at radius 3 is 2.56 bits per heavy atom. The van der Waals surface area contributed by atoms with Crippen molar-refractivity contribution in [1.29, 1.82) is 0 Å². The molecular formula is C14H19IO. The van der Waals surface area contributed by atoms with E-state index in [1.807, 2.05) is 12.1 Å². The number of hydrogen-bond acceptors (Lipinski definition) is 1. The summed E-state index contributed by atoms with van der Waals surface area (Å²) in [5.41, 5.74) is 1.09. The Morgan fingerprint density at radius 1 is 1.25 bits per heavy atom. The summed E-state index contributed by atoms with van der Waals surface area (Å²) in [7, 11) is 0. The van der Waals surface area contributed by atoms with Crippen LogP contribution in [0.1, 0.15) is 44.3 Å². The number of rotatable bonds is 2. The van der Waals surface area contributed by atoms with Gasteiger partial charge >= 0.3 is 0 Å². The van der Waals surface area contributed by atoms with Crippen molar-refractivity contribution in [2.24, 2.45) is 11.8 Å². The lowest BCUT2D eigenvalue weighted by Gasteiger charge is -2.30. The zero-order valence-electron chi connectivity index (χ0n) is 9.70. The van der Waals surface area contributed by atoms with Gasteiger partial charge in [-0.25, -0.2) is 0 Å². The molecule has 0 bridgehead atoms. The van der Waals surface area contributed by atoms with Crippen molar-refractivity contribution >= 4 is 22.6 Å². The topological polar surface area (TPSA) is 20.2 Å². The normalized spacial score (nSPS) is 27.7. The SMILES string of the molecule is CC1CCC(C(O)c2cccc(I)c2)CC1. The second kappa shape index (κ2) is 5.50. The summed E-state index contributed by atoms with van der Waals surface area (Å²) in [6.45, 7) is 2.31. The molecule has 1 fully saturated rings. The largest absolute Gasteiger partial charge is 0.388 e. The summed E-state index contributed by atoms with van der Waals surface area (Å²) in [6.07, 6.45) is 4.63. The van der Waals surface area contributed by atoms with Crippen molar-refractivity contribution in [2.45, 2.75) is 38.7 Å². The second-order valence-electron chi connectivity index (χ2n) is 5.02. The molecule has 1 aromatic carbocycles. The lowest BCUT2D eigenvalue weighted by Crippen LogP contribution is -2.19. The lowest BCUT2D eigenvalue weighted by atomic mass is 9.78. The van der Waals surface area contributed by atoms with E-state index in [-0.39, 0.29) is 6.10 Å². The van der Waals surface area contributed by atoms with Gasteiger partial charge in [-0.15, -0.1) is 0 Å². The van der Waals surface area contributed by atoms with Crippen LogP contribution in [-0.4, -0.2) is 5.11 Å². The molecule has 1 aliphatic carbocycles. The van der Waals surface area contributed by atoms with E-state index >= 15 is 0 Å². The number of aliphatic hydroxyl groups is 1. The summed E-state index contributed by atoms with van der Waals surface area (Å²) in [5, 5.41) is 10.4. The van der Waals surface area contributed by atoms with Crippen LogP contribution in [0, 0.1) is 15.4 Å². The minimum absolute atomic E-state index is 0.262. The fourth-order valence-electron chi connectivity index (χ4n) is 2.56. The van der Waals surface area contributed by atoms with Crippen LogP contribution in [0.15, 0.2) is 24.3 Å². The summed E-state index contributed by atoms with van der Waals surface area (Å²) in [4.78, 5) is 0. The van der Waals surface area contributed by atoms with Gasteiger partial charge in [0.15, 0.2) is 0 Å². The first-order valence-electron chi connectivity index (χ1n) is 6.10. The summed E-state index contributed by atoms with van der Waals surface area (Å²) in [5.74, 6) is 1.31. The molecule has 1 aromatic rings. The Labute approximate surface area is 111 Å². The molecule has 1 aliphatic rings. The molecule has 1 unspecified atom stereocenters. The molecule has 0 radical (unpaired) electrons. The molecule has 0 amide bonds. The Kier molecular flexibility index (Phi) is 4.25. The molecule has 0 aromatic heterocycles. The zero-order chi connectivity index (χ0) is 11.5. The highest BCUT2D eigenvalue weighted by molar-refractivity contribution is 14.1. The van der Waals surface area contributed by atoms with Crippen LogP contribution in [0.25, 0.3) is 0 Å². The molecule has 1 saturated carbocycles. The number of aliphatic hydroxyl groups excluding tert-OH is 1. The van der Waals surface area contributed by atoms with Crippen LogP contribution in [0.5, 0.6) is 0 Å². The molecule has 1 atom stereocenters. The van der Waals surface area contributed by atoms with E-state index in [0.717, 1.165) is 11.5 Å².